The number of fused-ring (bicyclic) bond motifs is 1. The number of pyridine rings is 1. The summed E-state index contributed by atoms with van der Waals surface area (Å²) >= 11 is 0. The number of halogens is 4. The molecule has 0 radical (unpaired) electrons. The van der Waals surface area contributed by atoms with E-state index < -0.39 is 12.5 Å². The SMILES string of the molecule is CC(C)N=C(C=C(N)c1cnc(N)c(OC(F)F)c1)C1[C@H]2CC(N3CC(F)(F)C3)C[C@@H]12. The summed E-state index contributed by atoms with van der Waals surface area (Å²) in [5, 5.41) is 0. The van der Waals surface area contributed by atoms with Gasteiger partial charge in [-0.05, 0) is 50.7 Å². The molecule has 2 saturated carbocycles. The largest absolute Gasteiger partial charge is 0.431 e. The Balaban J connectivity index is 1.47. The van der Waals surface area contributed by atoms with Crippen LogP contribution in [0.5, 0.6) is 5.75 Å². The predicted molar refractivity (Wildman–Crippen MR) is 110 cm³/mol. The van der Waals surface area contributed by atoms with Crippen molar-refractivity contribution in [2.24, 2.45) is 28.5 Å². The van der Waals surface area contributed by atoms with Crippen LogP contribution in [0, 0.1) is 17.8 Å². The van der Waals surface area contributed by atoms with E-state index in [1.807, 2.05) is 18.7 Å². The number of ether oxygens (including phenoxy) is 1. The molecule has 1 aliphatic heterocycles. The molecule has 1 aromatic rings. The number of allylic oxidation sites excluding steroid dienone is 1. The van der Waals surface area contributed by atoms with Crippen molar-refractivity contribution in [2.75, 3.05) is 18.8 Å². The Kier molecular flexibility index (Phi) is 5.61. The number of likely N-dealkylation sites (tertiary alicyclic amines) is 1. The summed E-state index contributed by atoms with van der Waals surface area (Å²) in [6.45, 7) is 0.621. The summed E-state index contributed by atoms with van der Waals surface area (Å²) in [7, 11) is 0. The van der Waals surface area contributed by atoms with Gasteiger partial charge in [0.15, 0.2) is 11.6 Å². The molecule has 0 spiro atoms. The molecular formula is C21H27F4N5O. The summed E-state index contributed by atoms with van der Waals surface area (Å²) in [6, 6.07) is 1.59. The van der Waals surface area contributed by atoms with Crippen molar-refractivity contribution in [1.82, 2.24) is 9.88 Å². The lowest BCUT2D eigenvalue weighted by Gasteiger charge is -2.43. The Labute approximate surface area is 178 Å². The highest BCUT2D eigenvalue weighted by Gasteiger charge is 2.60. The first-order valence-electron chi connectivity index (χ1n) is 10.4. The molecule has 31 heavy (non-hydrogen) atoms. The molecule has 3 aliphatic rings. The minimum absolute atomic E-state index is 0.0486. The average Bonchev–Trinajstić information content (AvgIpc) is 3.13. The number of aromatic nitrogens is 1. The Morgan fingerprint density at radius 2 is 1.94 bits per heavy atom. The zero-order valence-electron chi connectivity index (χ0n) is 17.4. The van der Waals surface area contributed by atoms with Gasteiger partial charge in [-0.3, -0.25) is 9.89 Å². The minimum Gasteiger partial charge on any atom is -0.431 e. The normalized spacial score (nSPS) is 30.5. The second kappa shape index (κ2) is 7.96. The van der Waals surface area contributed by atoms with Crippen molar-refractivity contribution in [3.05, 3.63) is 23.9 Å². The van der Waals surface area contributed by atoms with Crippen LogP contribution < -0.4 is 16.2 Å². The Morgan fingerprint density at radius 1 is 1.29 bits per heavy atom. The van der Waals surface area contributed by atoms with E-state index in [4.69, 9.17) is 16.5 Å². The molecule has 10 heteroatoms. The number of aliphatic imine (C=N–C) groups is 1. The van der Waals surface area contributed by atoms with Crippen LogP contribution in [0.1, 0.15) is 32.3 Å². The highest BCUT2D eigenvalue weighted by Crippen LogP contribution is 2.60. The fourth-order valence-electron chi connectivity index (χ4n) is 4.92. The van der Waals surface area contributed by atoms with Gasteiger partial charge in [0.2, 0.25) is 0 Å². The Morgan fingerprint density at radius 3 is 2.48 bits per heavy atom. The molecule has 0 bridgehead atoms. The van der Waals surface area contributed by atoms with E-state index in [2.05, 4.69) is 9.72 Å². The van der Waals surface area contributed by atoms with Crippen LogP contribution in [0.2, 0.25) is 0 Å². The standard InChI is InChI=1S/C21H27F4N5O/c1-10(2)29-16(6-15(26)11-3-17(31-20(22)23)19(27)28-7-11)18-13-4-12(5-14(13)18)30-8-21(24,25)9-30/h3,6-7,10,12-14,18,20H,4-5,8-9,26H2,1-2H3,(H2,27,28)/t12?,13-,14+,18?. The fourth-order valence-corrected chi connectivity index (χ4v) is 4.92. The number of nitrogens with zero attached hydrogens (tertiary/aromatic N) is 3. The van der Waals surface area contributed by atoms with E-state index in [9.17, 15) is 17.6 Å². The molecule has 3 fully saturated rings. The number of nitrogens with two attached hydrogens (primary N) is 2. The zero-order chi connectivity index (χ0) is 22.5. The van der Waals surface area contributed by atoms with E-state index in [-0.39, 0.29) is 42.7 Å². The van der Waals surface area contributed by atoms with Gasteiger partial charge < -0.3 is 16.2 Å². The van der Waals surface area contributed by atoms with Gasteiger partial charge >= 0.3 is 6.61 Å². The van der Waals surface area contributed by atoms with Crippen molar-refractivity contribution >= 4 is 17.2 Å². The van der Waals surface area contributed by atoms with Gasteiger partial charge in [-0.1, -0.05) is 0 Å². The molecule has 4 atom stereocenters. The third-order valence-corrected chi connectivity index (χ3v) is 6.29. The number of rotatable bonds is 7. The first kappa shape index (κ1) is 21.9. The molecule has 4 N–H and O–H groups in total. The second-order valence-corrected chi connectivity index (χ2v) is 8.97. The molecule has 1 aromatic heterocycles. The van der Waals surface area contributed by atoms with Crippen molar-refractivity contribution in [1.29, 1.82) is 0 Å². The maximum Gasteiger partial charge on any atom is 0.387 e. The molecular weight excluding hydrogens is 414 g/mol. The van der Waals surface area contributed by atoms with Crippen LogP contribution in [0.25, 0.3) is 5.70 Å². The lowest BCUT2D eigenvalue weighted by Crippen LogP contribution is -2.59. The lowest BCUT2D eigenvalue weighted by molar-refractivity contribution is -0.146. The minimum atomic E-state index is -3.02. The number of nitrogen functional groups attached to an aromatic ring is 1. The van der Waals surface area contributed by atoms with Crippen LogP contribution in [0.4, 0.5) is 23.4 Å². The molecule has 6 nitrogen and oxygen atoms in total. The monoisotopic (exact) mass is 441 g/mol. The van der Waals surface area contributed by atoms with E-state index in [0.717, 1.165) is 18.6 Å². The number of alkyl halides is 4. The maximum atomic E-state index is 13.2. The maximum absolute atomic E-state index is 13.2. The van der Waals surface area contributed by atoms with Crippen LogP contribution in [0.3, 0.4) is 0 Å². The number of anilines is 1. The highest BCUT2D eigenvalue weighted by molar-refractivity contribution is 6.04. The predicted octanol–water partition coefficient (Wildman–Crippen LogP) is 3.39. The van der Waals surface area contributed by atoms with Crippen molar-refractivity contribution in [3.63, 3.8) is 0 Å². The lowest BCUT2D eigenvalue weighted by atomic mass is 9.97. The second-order valence-electron chi connectivity index (χ2n) is 8.97. The van der Waals surface area contributed by atoms with Crippen LogP contribution in [0.15, 0.2) is 23.3 Å². The summed E-state index contributed by atoms with van der Waals surface area (Å²) in [5.74, 6) is -1.88. The molecule has 2 unspecified atom stereocenters. The molecule has 2 aliphatic carbocycles. The van der Waals surface area contributed by atoms with E-state index >= 15 is 0 Å². The molecule has 2 heterocycles. The number of hydrogen-bond acceptors (Lipinski definition) is 6. The molecule has 0 amide bonds. The molecule has 0 aromatic carbocycles. The van der Waals surface area contributed by atoms with Crippen LogP contribution >= 0.6 is 0 Å². The smallest absolute Gasteiger partial charge is 0.387 e. The molecule has 170 valence electrons. The van der Waals surface area contributed by atoms with Gasteiger partial charge in [0, 0.05) is 41.2 Å². The number of hydrogen-bond donors (Lipinski definition) is 2. The van der Waals surface area contributed by atoms with Crippen LogP contribution in [-0.4, -0.2) is 53.3 Å². The summed E-state index contributed by atoms with van der Waals surface area (Å²) in [4.78, 5) is 10.5. The van der Waals surface area contributed by atoms with Gasteiger partial charge in [-0.15, -0.1) is 0 Å². The van der Waals surface area contributed by atoms with Gasteiger partial charge in [0.05, 0.1) is 13.1 Å². The zero-order valence-corrected chi connectivity index (χ0v) is 17.4. The fraction of sp³-hybridized carbons (Fsp3) is 0.619. The highest BCUT2D eigenvalue weighted by atomic mass is 19.3. The van der Waals surface area contributed by atoms with Gasteiger partial charge in [0.1, 0.15) is 0 Å². The van der Waals surface area contributed by atoms with Crippen LogP contribution in [-0.2, 0) is 0 Å². The average molecular weight is 441 g/mol. The van der Waals surface area contributed by atoms with Crippen molar-refractivity contribution < 1.29 is 22.3 Å². The van der Waals surface area contributed by atoms with Crippen molar-refractivity contribution in [2.45, 2.75) is 51.3 Å². The molecule has 4 rings (SSSR count). The van der Waals surface area contributed by atoms with Gasteiger partial charge in [-0.2, -0.15) is 8.78 Å². The van der Waals surface area contributed by atoms with Gasteiger partial charge in [-0.25, -0.2) is 13.8 Å². The van der Waals surface area contributed by atoms with Crippen molar-refractivity contribution in [3.8, 4) is 5.75 Å². The third kappa shape index (κ3) is 4.63. The quantitative estimate of drug-likeness (QED) is 0.500. The first-order valence-corrected chi connectivity index (χ1v) is 10.4. The topological polar surface area (TPSA) is 89.8 Å². The third-order valence-electron chi connectivity index (χ3n) is 6.29. The van der Waals surface area contributed by atoms with Gasteiger partial charge in [0.25, 0.3) is 5.92 Å². The summed E-state index contributed by atoms with van der Waals surface area (Å²) in [6.07, 6.45) is 4.92. The van der Waals surface area contributed by atoms with E-state index in [0.29, 0.717) is 23.1 Å². The Bertz CT molecular complexity index is 884. The Hall–Kier alpha value is -2.36. The first-order chi connectivity index (χ1) is 14.5. The van der Waals surface area contributed by atoms with E-state index in [1.54, 1.807) is 6.08 Å². The van der Waals surface area contributed by atoms with E-state index in [1.165, 1.54) is 12.3 Å². The summed E-state index contributed by atoms with van der Waals surface area (Å²) in [5.41, 5.74) is 13.4. The molecule has 1 saturated heterocycles. The summed E-state index contributed by atoms with van der Waals surface area (Å²) < 4.78 is 55.9.